The quantitative estimate of drug-likeness (QED) is 0.881. The first kappa shape index (κ1) is 15.5. The molecule has 0 aromatic heterocycles. The van der Waals surface area contributed by atoms with Crippen LogP contribution in [-0.4, -0.2) is 16.0 Å². The molecule has 0 saturated carbocycles. The molecule has 0 spiro atoms. The van der Waals surface area contributed by atoms with Gasteiger partial charge in [-0.3, -0.25) is 13.9 Å². The van der Waals surface area contributed by atoms with E-state index in [0.717, 1.165) is 22.5 Å². The fourth-order valence-corrected chi connectivity index (χ4v) is 3.45. The normalized spacial score (nSPS) is 19.4. The Morgan fingerprint density at radius 1 is 1.00 bits per heavy atom. The van der Waals surface area contributed by atoms with Crippen LogP contribution >= 0.6 is 0 Å². The van der Waals surface area contributed by atoms with Gasteiger partial charge in [-0.1, -0.05) is 35.4 Å². The van der Waals surface area contributed by atoms with Crippen molar-refractivity contribution in [2.24, 2.45) is 0 Å². The Balaban J connectivity index is 1.79. The topological polar surface area (TPSA) is 49.4 Å². The van der Waals surface area contributed by atoms with Crippen molar-refractivity contribution in [1.29, 1.82) is 0 Å². The Labute approximate surface area is 138 Å². The van der Waals surface area contributed by atoms with E-state index in [4.69, 9.17) is 0 Å². The molecule has 0 aliphatic carbocycles. The third-order valence-electron chi connectivity index (χ3n) is 3.71. The van der Waals surface area contributed by atoms with Crippen LogP contribution in [0, 0.1) is 13.8 Å². The number of hydrogen-bond acceptors (Lipinski definition) is 3. The summed E-state index contributed by atoms with van der Waals surface area (Å²) in [7, 11) is -1.33. The number of nitrogens with zero attached hydrogens (tertiary/aromatic N) is 1. The van der Waals surface area contributed by atoms with E-state index in [2.05, 4.69) is 5.32 Å². The Bertz CT molecular complexity index is 780. The third kappa shape index (κ3) is 3.35. The summed E-state index contributed by atoms with van der Waals surface area (Å²) in [6, 6.07) is 15.4. The summed E-state index contributed by atoms with van der Waals surface area (Å²) >= 11 is 0. The van der Waals surface area contributed by atoms with E-state index in [1.54, 1.807) is 11.1 Å². The summed E-state index contributed by atoms with van der Waals surface area (Å²) in [6.45, 7) is 4.00. The molecule has 118 valence electrons. The van der Waals surface area contributed by atoms with Crippen LogP contribution in [0.2, 0.25) is 0 Å². The molecule has 5 heteroatoms. The molecule has 1 aliphatic heterocycles. The molecule has 1 N–H and O–H groups in total. The Kier molecular flexibility index (Phi) is 4.30. The summed E-state index contributed by atoms with van der Waals surface area (Å²) < 4.78 is 12.3. The fraction of sp³-hybridized carbons (Fsp3) is 0.167. The molecule has 1 amide bonds. The second-order valence-electron chi connectivity index (χ2n) is 5.56. The van der Waals surface area contributed by atoms with Crippen molar-refractivity contribution in [3.8, 4) is 0 Å². The van der Waals surface area contributed by atoms with Crippen LogP contribution < -0.4 is 10.2 Å². The monoisotopic (exact) mass is 326 g/mol. The second-order valence-corrected chi connectivity index (χ2v) is 6.95. The van der Waals surface area contributed by atoms with E-state index < -0.39 is 10.8 Å². The molecule has 1 saturated heterocycles. The van der Waals surface area contributed by atoms with E-state index in [1.165, 1.54) is 0 Å². The van der Waals surface area contributed by atoms with Crippen LogP contribution in [0.5, 0.6) is 0 Å². The molecule has 1 unspecified atom stereocenters. The zero-order valence-electron chi connectivity index (χ0n) is 13.1. The molecular weight excluding hydrogens is 308 g/mol. The number of hydrogen-bond donors (Lipinski definition) is 1. The number of nitrogens with one attached hydrogen (secondary N) is 1. The largest absolute Gasteiger partial charge is 0.360 e. The molecule has 1 aliphatic rings. The number of carbonyl (C=O) groups is 1. The maximum atomic E-state index is 12.5. The Morgan fingerprint density at radius 3 is 2.17 bits per heavy atom. The summed E-state index contributed by atoms with van der Waals surface area (Å²) in [6.07, 6.45) is 1.55. The SMILES string of the molecule is Cc1ccc(N/C=C2/C(=O)N(c3ccc(C)cc3)CS2=O)cc1. The summed E-state index contributed by atoms with van der Waals surface area (Å²) in [4.78, 5) is 14.4. The summed E-state index contributed by atoms with van der Waals surface area (Å²) in [5.74, 6) is -0.0182. The summed E-state index contributed by atoms with van der Waals surface area (Å²) in [5, 5.41) is 3.05. The predicted molar refractivity (Wildman–Crippen MR) is 94.6 cm³/mol. The second kappa shape index (κ2) is 6.38. The van der Waals surface area contributed by atoms with Crippen molar-refractivity contribution >= 4 is 28.1 Å². The highest BCUT2D eigenvalue weighted by molar-refractivity contribution is 7.90. The average Bonchev–Trinajstić information content (AvgIpc) is 2.82. The molecule has 1 heterocycles. The van der Waals surface area contributed by atoms with Crippen LogP contribution in [0.3, 0.4) is 0 Å². The minimum Gasteiger partial charge on any atom is -0.360 e. The molecule has 2 aromatic carbocycles. The predicted octanol–water partition coefficient (Wildman–Crippen LogP) is 3.31. The van der Waals surface area contributed by atoms with E-state index in [-0.39, 0.29) is 11.8 Å². The lowest BCUT2D eigenvalue weighted by Gasteiger charge is -2.13. The standard InChI is InChI=1S/C18H18N2O2S/c1-13-3-7-15(8-4-13)19-11-17-18(21)20(12-23(17)22)16-9-5-14(2)6-10-16/h3-11,19H,12H2,1-2H3/b17-11-. The molecule has 4 nitrogen and oxygen atoms in total. The van der Waals surface area contributed by atoms with Gasteiger partial charge in [-0.2, -0.15) is 0 Å². The molecule has 23 heavy (non-hydrogen) atoms. The van der Waals surface area contributed by atoms with Gasteiger partial charge in [0.05, 0.1) is 10.8 Å². The van der Waals surface area contributed by atoms with Crippen LogP contribution in [-0.2, 0) is 15.6 Å². The van der Waals surface area contributed by atoms with Gasteiger partial charge in [0.2, 0.25) is 0 Å². The van der Waals surface area contributed by atoms with E-state index in [0.29, 0.717) is 4.91 Å². The van der Waals surface area contributed by atoms with E-state index in [1.807, 2.05) is 62.4 Å². The molecule has 3 rings (SSSR count). The number of aryl methyl sites for hydroxylation is 2. The highest BCUT2D eigenvalue weighted by Crippen LogP contribution is 2.25. The fourth-order valence-electron chi connectivity index (χ4n) is 2.32. The minimum atomic E-state index is -1.33. The Morgan fingerprint density at radius 2 is 1.57 bits per heavy atom. The zero-order valence-corrected chi connectivity index (χ0v) is 13.9. The maximum absolute atomic E-state index is 12.5. The van der Waals surface area contributed by atoms with Gasteiger partial charge in [0.25, 0.3) is 5.91 Å². The van der Waals surface area contributed by atoms with Crippen molar-refractivity contribution in [3.63, 3.8) is 0 Å². The van der Waals surface area contributed by atoms with Crippen LogP contribution in [0.1, 0.15) is 11.1 Å². The van der Waals surface area contributed by atoms with Gasteiger partial charge >= 0.3 is 0 Å². The highest BCUT2D eigenvalue weighted by Gasteiger charge is 2.33. The molecule has 1 atom stereocenters. The van der Waals surface area contributed by atoms with Gasteiger partial charge in [0, 0.05) is 17.6 Å². The first-order valence-corrected chi connectivity index (χ1v) is 8.67. The van der Waals surface area contributed by atoms with Crippen molar-refractivity contribution in [3.05, 3.63) is 70.8 Å². The van der Waals surface area contributed by atoms with Gasteiger partial charge in [0.1, 0.15) is 10.8 Å². The van der Waals surface area contributed by atoms with Crippen molar-refractivity contribution in [2.45, 2.75) is 13.8 Å². The van der Waals surface area contributed by atoms with Crippen molar-refractivity contribution in [2.75, 3.05) is 16.1 Å². The van der Waals surface area contributed by atoms with Crippen LogP contribution in [0.15, 0.2) is 59.6 Å². The van der Waals surface area contributed by atoms with Crippen molar-refractivity contribution < 1.29 is 9.00 Å². The maximum Gasteiger partial charge on any atom is 0.269 e. The van der Waals surface area contributed by atoms with Gasteiger partial charge in [-0.25, -0.2) is 0 Å². The number of amides is 1. The molecule has 0 bridgehead atoms. The van der Waals surface area contributed by atoms with Gasteiger partial charge < -0.3 is 5.32 Å². The Hall–Kier alpha value is -2.40. The van der Waals surface area contributed by atoms with E-state index >= 15 is 0 Å². The van der Waals surface area contributed by atoms with Crippen LogP contribution in [0.4, 0.5) is 11.4 Å². The third-order valence-corrected chi connectivity index (χ3v) is 4.99. The lowest BCUT2D eigenvalue weighted by Crippen LogP contribution is -2.24. The zero-order chi connectivity index (χ0) is 16.4. The first-order chi connectivity index (χ1) is 11.0. The lowest BCUT2D eigenvalue weighted by atomic mass is 10.2. The molecule has 2 aromatic rings. The minimum absolute atomic E-state index is 0.198. The van der Waals surface area contributed by atoms with Gasteiger partial charge in [0.15, 0.2) is 0 Å². The van der Waals surface area contributed by atoms with Crippen LogP contribution in [0.25, 0.3) is 0 Å². The highest BCUT2D eigenvalue weighted by atomic mass is 32.2. The smallest absolute Gasteiger partial charge is 0.269 e. The lowest BCUT2D eigenvalue weighted by molar-refractivity contribution is -0.114. The van der Waals surface area contributed by atoms with Gasteiger partial charge in [-0.05, 0) is 38.1 Å². The van der Waals surface area contributed by atoms with Gasteiger partial charge in [-0.15, -0.1) is 0 Å². The number of carbonyl (C=O) groups excluding carboxylic acids is 1. The summed E-state index contributed by atoms with van der Waals surface area (Å²) in [5.41, 5.74) is 3.92. The number of rotatable bonds is 3. The molecular formula is C18H18N2O2S. The molecule has 0 radical (unpaired) electrons. The van der Waals surface area contributed by atoms with Crippen molar-refractivity contribution in [1.82, 2.24) is 0 Å². The van der Waals surface area contributed by atoms with E-state index in [9.17, 15) is 9.00 Å². The first-order valence-electron chi connectivity index (χ1n) is 7.35. The molecule has 1 fully saturated rings. The number of benzene rings is 2. The number of anilines is 2. The average molecular weight is 326 g/mol.